The normalized spacial score (nSPS) is 17.4. The fraction of sp³-hybridized carbons (Fsp3) is 0.500. The first kappa shape index (κ1) is 12.2. The molecule has 5 nitrogen and oxygen atoms in total. The fourth-order valence-corrected chi connectivity index (χ4v) is 2.22. The highest BCUT2D eigenvalue weighted by atomic mass is 16.5. The summed E-state index contributed by atoms with van der Waals surface area (Å²) in [6, 6.07) is 3.83. The molecule has 1 aliphatic heterocycles. The van der Waals surface area contributed by atoms with E-state index >= 15 is 0 Å². The molecule has 1 saturated heterocycles. The van der Waals surface area contributed by atoms with Crippen LogP contribution in [0.3, 0.4) is 0 Å². The summed E-state index contributed by atoms with van der Waals surface area (Å²) in [4.78, 5) is 0. The Morgan fingerprint density at radius 2 is 2.00 bits per heavy atom. The van der Waals surface area contributed by atoms with E-state index in [9.17, 15) is 0 Å². The van der Waals surface area contributed by atoms with Crippen LogP contribution in [0.4, 0.5) is 0 Å². The molecule has 0 aliphatic carbocycles. The summed E-state index contributed by atoms with van der Waals surface area (Å²) in [6.45, 7) is 3.11. The van der Waals surface area contributed by atoms with Crippen molar-refractivity contribution in [2.75, 3.05) is 27.4 Å². The van der Waals surface area contributed by atoms with Gasteiger partial charge in [-0.05, 0) is 18.6 Å². The van der Waals surface area contributed by atoms with Gasteiger partial charge in [0.1, 0.15) is 17.0 Å². The maximum Gasteiger partial charge on any atom is 0.128 e. The smallest absolute Gasteiger partial charge is 0.128 e. The number of nitrogens with one attached hydrogen (secondary N) is 1. The second kappa shape index (κ2) is 4.52. The van der Waals surface area contributed by atoms with Crippen molar-refractivity contribution in [2.24, 2.45) is 5.84 Å². The Morgan fingerprint density at radius 3 is 2.41 bits per heavy atom. The molecule has 1 aliphatic rings. The SMILES string of the molecule is COc1cc(C)c(C2(NN)COC2)c(OC)c1. The number of hydrazine groups is 1. The fourth-order valence-electron chi connectivity index (χ4n) is 2.22. The number of aryl methyl sites for hydroxylation is 1. The van der Waals surface area contributed by atoms with Gasteiger partial charge in [0.15, 0.2) is 0 Å². The molecular weight excluding hydrogens is 220 g/mol. The van der Waals surface area contributed by atoms with E-state index in [1.807, 2.05) is 19.1 Å². The lowest BCUT2D eigenvalue weighted by atomic mass is 9.84. The van der Waals surface area contributed by atoms with Gasteiger partial charge in [0.25, 0.3) is 0 Å². The van der Waals surface area contributed by atoms with Gasteiger partial charge in [-0.25, -0.2) is 5.43 Å². The van der Waals surface area contributed by atoms with E-state index < -0.39 is 0 Å². The van der Waals surface area contributed by atoms with Gasteiger partial charge in [-0.3, -0.25) is 5.84 Å². The van der Waals surface area contributed by atoms with Crippen molar-refractivity contribution >= 4 is 0 Å². The Bertz CT molecular complexity index is 411. The number of rotatable bonds is 4. The average Bonchev–Trinajstić information content (AvgIpc) is 2.29. The second-order valence-corrected chi connectivity index (χ2v) is 4.24. The van der Waals surface area contributed by atoms with E-state index in [1.165, 1.54) is 0 Å². The van der Waals surface area contributed by atoms with Crippen molar-refractivity contribution in [1.29, 1.82) is 0 Å². The molecule has 1 aromatic carbocycles. The molecule has 0 atom stereocenters. The first-order chi connectivity index (χ1) is 8.16. The number of ether oxygens (including phenoxy) is 3. The summed E-state index contributed by atoms with van der Waals surface area (Å²) in [5.74, 6) is 7.19. The van der Waals surface area contributed by atoms with Crippen molar-refractivity contribution in [1.82, 2.24) is 5.43 Å². The quantitative estimate of drug-likeness (QED) is 0.597. The number of benzene rings is 1. The minimum absolute atomic E-state index is 0.346. The van der Waals surface area contributed by atoms with E-state index in [1.54, 1.807) is 14.2 Å². The molecule has 0 spiro atoms. The van der Waals surface area contributed by atoms with Gasteiger partial charge in [0.2, 0.25) is 0 Å². The van der Waals surface area contributed by atoms with Crippen molar-refractivity contribution in [2.45, 2.75) is 12.5 Å². The Kier molecular flexibility index (Phi) is 3.24. The third-order valence-electron chi connectivity index (χ3n) is 3.18. The maximum absolute atomic E-state index is 5.65. The highest BCUT2D eigenvalue weighted by Gasteiger charge is 2.42. The van der Waals surface area contributed by atoms with Gasteiger partial charge >= 0.3 is 0 Å². The zero-order valence-electron chi connectivity index (χ0n) is 10.4. The molecule has 2 rings (SSSR count). The van der Waals surface area contributed by atoms with Crippen molar-refractivity contribution in [3.8, 4) is 11.5 Å². The van der Waals surface area contributed by atoms with Crippen LogP contribution in [0.25, 0.3) is 0 Å². The average molecular weight is 238 g/mol. The zero-order chi connectivity index (χ0) is 12.5. The maximum atomic E-state index is 5.65. The molecule has 1 aromatic rings. The zero-order valence-corrected chi connectivity index (χ0v) is 10.4. The Hall–Kier alpha value is -1.30. The first-order valence-electron chi connectivity index (χ1n) is 5.45. The predicted molar refractivity (Wildman–Crippen MR) is 64.1 cm³/mol. The topological polar surface area (TPSA) is 65.7 Å². The lowest BCUT2D eigenvalue weighted by Crippen LogP contribution is -2.60. The number of hydrogen-bond acceptors (Lipinski definition) is 5. The van der Waals surface area contributed by atoms with Crippen LogP contribution in [-0.4, -0.2) is 27.4 Å². The number of methoxy groups -OCH3 is 2. The first-order valence-corrected chi connectivity index (χ1v) is 5.45. The van der Waals surface area contributed by atoms with Gasteiger partial charge in [0, 0.05) is 11.6 Å². The van der Waals surface area contributed by atoms with E-state index in [0.29, 0.717) is 13.2 Å². The van der Waals surface area contributed by atoms with Gasteiger partial charge in [-0.15, -0.1) is 0 Å². The second-order valence-electron chi connectivity index (χ2n) is 4.24. The van der Waals surface area contributed by atoms with Crippen LogP contribution in [0.5, 0.6) is 11.5 Å². The Labute approximate surface area is 101 Å². The molecule has 0 radical (unpaired) electrons. The molecule has 0 saturated carbocycles. The highest BCUT2D eigenvalue weighted by molar-refractivity contribution is 5.50. The number of nitrogens with two attached hydrogens (primary N) is 1. The van der Waals surface area contributed by atoms with E-state index in [0.717, 1.165) is 22.6 Å². The molecule has 17 heavy (non-hydrogen) atoms. The van der Waals surface area contributed by atoms with Crippen LogP contribution in [0, 0.1) is 6.92 Å². The molecule has 0 unspecified atom stereocenters. The molecule has 1 fully saturated rings. The van der Waals surface area contributed by atoms with Gasteiger partial charge in [-0.2, -0.15) is 0 Å². The minimum atomic E-state index is -0.346. The van der Waals surface area contributed by atoms with Crippen LogP contribution >= 0.6 is 0 Å². The van der Waals surface area contributed by atoms with Crippen molar-refractivity contribution in [3.05, 3.63) is 23.3 Å². The van der Waals surface area contributed by atoms with Gasteiger partial charge in [0.05, 0.1) is 27.4 Å². The summed E-state index contributed by atoms with van der Waals surface area (Å²) in [5, 5.41) is 0. The summed E-state index contributed by atoms with van der Waals surface area (Å²) in [5.41, 5.74) is 4.60. The molecule has 5 heteroatoms. The van der Waals surface area contributed by atoms with E-state index in [2.05, 4.69) is 5.43 Å². The third kappa shape index (κ3) is 1.86. The summed E-state index contributed by atoms with van der Waals surface area (Å²) in [6.07, 6.45) is 0. The molecule has 1 heterocycles. The summed E-state index contributed by atoms with van der Waals surface area (Å²) < 4.78 is 15.9. The largest absolute Gasteiger partial charge is 0.497 e. The van der Waals surface area contributed by atoms with E-state index in [-0.39, 0.29) is 5.54 Å². The van der Waals surface area contributed by atoms with Crippen LogP contribution in [0.15, 0.2) is 12.1 Å². The monoisotopic (exact) mass is 238 g/mol. The van der Waals surface area contributed by atoms with Crippen LogP contribution in [0.2, 0.25) is 0 Å². The lowest BCUT2D eigenvalue weighted by Gasteiger charge is -2.42. The minimum Gasteiger partial charge on any atom is -0.497 e. The third-order valence-corrected chi connectivity index (χ3v) is 3.18. The Morgan fingerprint density at radius 1 is 1.29 bits per heavy atom. The standard InChI is InChI=1S/C12H18N2O3/c1-8-4-9(15-2)5-10(16-3)11(8)12(14-13)6-17-7-12/h4-5,14H,6-7,13H2,1-3H3. The molecule has 3 N–H and O–H groups in total. The van der Waals surface area contributed by atoms with Gasteiger partial charge in [-0.1, -0.05) is 0 Å². The molecule has 0 amide bonds. The molecule has 0 bridgehead atoms. The molecular formula is C12H18N2O3. The Balaban J connectivity index is 2.52. The van der Waals surface area contributed by atoms with E-state index in [4.69, 9.17) is 20.1 Å². The predicted octanol–water partition coefficient (Wildman–Crippen LogP) is 0.701. The number of hydrogen-bond donors (Lipinski definition) is 2. The summed E-state index contributed by atoms with van der Waals surface area (Å²) in [7, 11) is 3.28. The van der Waals surface area contributed by atoms with Crippen molar-refractivity contribution in [3.63, 3.8) is 0 Å². The summed E-state index contributed by atoms with van der Waals surface area (Å²) >= 11 is 0. The molecule has 0 aromatic heterocycles. The van der Waals surface area contributed by atoms with Gasteiger partial charge < -0.3 is 14.2 Å². The van der Waals surface area contributed by atoms with Crippen LogP contribution < -0.4 is 20.7 Å². The van der Waals surface area contributed by atoms with Crippen molar-refractivity contribution < 1.29 is 14.2 Å². The highest BCUT2D eigenvalue weighted by Crippen LogP contribution is 2.39. The van der Waals surface area contributed by atoms with Crippen LogP contribution in [-0.2, 0) is 10.3 Å². The van der Waals surface area contributed by atoms with Crippen LogP contribution in [0.1, 0.15) is 11.1 Å². The molecule has 94 valence electrons. The lowest BCUT2D eigenvalue weighted by molar-refractivity contribution is -0.0798.